The Morgan fingerprint density at radius 2 is 1.67 bits per heavy atom. The smallest absolute Gasteiger partial charge is 0.271 e. The van der Waals surface area contributed by atoms with Gasteiger partial charge in [0.05, 0.1) is 19.2 Å². The third kappa shape index (κ3) is 4.74. The van der Waals surface area contributed by atoms with Gasteiger partial charge in [-0.3, -0.25) is 9.59 Å². The lowest BCUT2D eigenvalue weighted by Crippen LogP contribution is -2.69. The number of rotatable bonds is 6. The third-order valence-corrected chi connectivity index (χ3v) is 9.42. The molecular formula is C32H41N3O4. The van der Waals surface area contributed by atoms with Crippen molar-refractivity contribution in [1.29, 1.82) is 0 Å². The molecule has 0 saturated heterocycles. The van der Waals surface area contributed by atoms with E-state index in [0.29, 0.717) is 24.4 Å². The monoisotopic (exact) mass is 531 g/mol. The van der Waals surface area contributed by atoms with E-state index in [0.717, 1.165) is 74.0 Å². The van der Waals surface area contributed by atoms with Crippen LogP contribution in [0.3, 0.4) is 0 Å². The van der Waals surface area contributed by atoms with Gasteiger partial charge in [0.2, 0.25) is 5.91 Å². The van der Waals surface area contributed by atoms with E-state index >= 15 is 0 Å². The highest BCUT2D eigenvalue weighted by Gasteiger charge is 2.56. The number of ether oxygens (including phenoxy) is 1. The molecule has 7 heteroatoms. The van der Waals surface area contributed by atoms with Crippen LogP contribution in [0, 0.1) is 12.8 Å². The molecule has 3 heterocycles. The van der Waals surface area contributed by atoms with Crippen molar-refractivity contribution in [1.82, 2.24) is 14.8 Å². The summed E-state index contributed by atoms with van der Waals surface area (Å²) in [5.41, 5.74) is 2.25. The summed E-state index contributed by atoms with van der Waals surface area (Å²) in [7, 11) is 1.65. The van der Waals surface area contributed by atoms with Crippen molar-refractivity contribution in [2.24, 2.45) is 5.92 Å². The topological polar surface area (TPSA) is 76.7 Å². The van der Waals surface area contributed by atoms with Crippen LogP contribution < -0.4 is 10.1 Å². The molecule has 1 unspecified atom stereocenters. The van der Waals surface area contributed by atoms with E-state index < -0.39 is 5.54 Å². The molecule has 0 radical (unpaired) electrons. The lowest BCUT2D eigenvalue weighted by molar-refractivity contribution is -0.140. The number of carbonyl (C=O) groups is 2. The number of hydrogen-bond donors (Lipinski definition) is 1. The first-order valence-electron chi connectivity index (χ1n) is 14.8. The Morgan fingerprint density at radius 1 is 1.00 bits per heavy atom. The fourth-order valence-corrected chi connectivity index (χ4v) is 7.33. The highest BCUT2D eigenvalue weighted by atomic mass is 16.5. The molecule has 1 aliphatic heterocycles. The highest BCUT2D eigenvalue weighted by Crippen LogP contribution is 2.44. The van der Waals surface area contributed by atoms with Crippen molar-refractivity contribution in [3.63, 3.8) is 0 Å². The maximum atomic E-state index is 14.8. The molecule has 1 aromatic carbocycles. The zero-order valence-corrected chi connectivity index (χ0v) is 23.3. The molecule has 2 amide bonds. The second-order valence-electron chi connectivity index (χ2n) is 11.9. The number of benzene rings is 1. The van der Waals surface area contributed by atoms with Crippen molar-refractivity contribution < 1.29 is 18.7 Å². The summed E-state index contributed by atoms with van der Waals surface area (Å²) in [6, 6.07) is 11.9. The van der Waals surface area contributed by atoms with Crippen LogP contribution in [0.25, 0.3) is 11.1 Å². The van der Waals surface area contributed by atoms with E-state index in [1.165, 1.54) is 19.3 Å². The SMILES string of the molecule is COc1ccc(CN2C(=O)c3cc4oc(C)cc4n3CC2(C(=O)NC2CCCCCC2)C2CCCCC2)cc1. The van der Waals surface area contributed by atoms with E-state index in [2.05, 4.69) is 9.88 Å². The van der Waals surface area contributed by atoms with Crippen molar-refractivity contribution in [3.8, 4) is 5.75 Å². The van der Waals surface area contributed by atoms with Crippen LogP contribution in [0.2, 0.25) is 0 Å². The van der Waals surface area contributed by atoms with Crippen LogP contribution >= 0.6 is 0 Å². The summed E-state index contributed by atoms with van der Waals surface area (Å²) in [4.78, 5) is 31.1. The average molecular weight is 532 g/mol. The van der Waals surface area contributed by atoms with Gasteiger partial charge in [-0.2, -0.15) is 0 Å². The number of amides is 2. The first-order chi connectivity index (χ1) is 19.0. The Morgan fingerprint density at radius 3 is 2.36 bits per heavy atom. The average Bonchev–Trinajstić information content (AvgIpc) is 3.35. The molecule has 3 aromatic rings. The van der Waals surface area contributed by atoms with Gasteiger partial charge in [0, 0.05) is 24.7 Å². The molecule has 39 heavy (non-hydrogen) atoms. The number of carbonyl (C=O) groups excluding carboxylic acids is 2. The molecule has 1 N–H and O–H groups in total. The molecular weight excluding hydrogens is 490 g/mol. The summed E-state index contributed by atoms with van der Waals surface area (Å²) in [6.07, 6.45) is 12.0. The molecule has 2 aromatic heterocycles. The zero-order chi connectivity index (χ0) is 27.0. The highest BCUT2D eigenvalue weighted by molar-refractivity contribution is 6.03. The van der Waals surface area contributed by atoms with E-state index in [1.807, 2.05) is 48.2 Å². The van der Waals surface area contributed by atoms with Crippen LogP contribution in [0.15, 0.2) is 40.8 Å². The van der Waals surface area contributed by atoms with E-state index in [4.69, 9.17) is 9.15 Å². The maximum Gasteiger partial charge on any atom is 0.271 e. The molecule has 2 aliphatic carbocycles. The number of methoxy groups -OCH3 is 1. The summed E-state index contributed by atoms with van der Waals surface area (Å²) in [6.45, 7) is 2.76. The predicted octanol–water partition coefficient (Wildman–Crippen LogP) is 6.37. The van der Waals surface area contributed by atoms with Crippen LogP contribution in [-0.4, -0.2) is 40.0 Å². The first kappa shape index (κ1) is 26.0. The first-order valence-corrected chi connectivity index (χ1v) is 14.8. The summed E-state index contributed by atoms with van der Waals surface area (Å²) < 4.78 is 13.4. The van der Waals surface area contributed by atoms with Crippen molar-refractivity contribution in [2.75, 3.05) is 7.11 Å². The Hall–Kier alpha value is -3.22. The Labute approximate surface area is 230 Å². The number of aromatic nitrogens is 1. The Kier molecular flexibility index (Phi) is 7.17. The van der Waals surface area contributed by atoms with Gasteiger partial charge in [0.15, 0.2) is 5.58 Å². The van der Waals surface area contributed by atoms with Crippen LogP contribution in [0.4, 0.5) is 0 Å². The summed E-state index contributed by atoms with van der Waals surface area (Å²) in [5.74, 6) is 1.61. The summed E-state index contributed by atoms with van der Waals surface area (Å²) >= 11 is 0. The number of aryl methyl sites for hydroxylation is 1. The second kappa shape index (κ2) is 10.7. The van der Waals surface area contributed by atoms with E-state index in [1.54, 1.807) is 7.11 Å². The minimum Gasteiger partial charge on any atom is -0.497 e. The van der Waals surface area contributed by atoms with Gasteiger partial charge in [0.25, 0.3) is 5.91 Å². The van der Waals surface area contributed by atoms with Gasteiger partial charge in [-0.15, -0.1) is 0 Å². The van der Waals surface area contributed by atoms with E-state index in [9.17, 15) is 9.59 Å². The molecule has 2 fully saturated rings. The number of furan rings is 1. The zero-order valence-electron chi connectivity index (χ0n) is 23.3. The predicted molar refractivity (Wildman–Crippen MR) is 151 cm³/mol. The van der Waals surface area contributed by atoms with Gasteiger partial charge in [-0.1, -0.05) is 57.1 Å². The normalized spacial score (nSPS) is 23.0. The molecule has 7 nitrogen and oxygen atoms in total. The number of nitrogens with zero attached hydrogens (tertiary/aromatic N) is 2. The molecule has 0 spiro atoms. The minimum atomic E-state index is -0.964. The molecule has 1 atom stereocenters. The maximum absolute atomic E-state index is 14.8. The molecule has 2 saturated carbocycles. The largest absolute Gasteiger partial charge is 0.497 e. The van der Waals surface area contributed by atoms with Gasteiger partial charge < -0.3 is 23.9 Å². The molecule has 3 aliphatic rings. The number of fused-ring (bicyclic) bond motifs is 3. The van der Waals surface area contributed by atoms with Crippen molar-refractivity contribution in [2.45, 2.75) is 102 Å². The third-order valence-electron chi connectivity index (χ3n) is 9.42. The minimum absolute atomic E-state index is 0.0240. The van der Waals surface area contributed by atoms with Crippen LogP contribution in [-0.2, 0) is 17.9 Å². The van der Waals surface area contributed by atoms with Gasteiger partial charge in [0.1, 0.15) is 22.7 Å². The molecule has 208 valence electrons. The van der Waals surface area contributed by atoms with Crippen molar-refractivity contribution in [3.05, 3.63) is 53.4 Å². The fourth-order valence-electron chi connectivity index (χ4n) is 7.33. The van der Waals surface area contributed by atoms with Crippen LogP contribution in [0.5, 0.6) is 5.75 Å². The van der Waals surface area contributed by atoms with E-state index in [-0.39, 0.29) is 23.8 Å². The number of nitrogens with one attached hydrogen (secondary N) is 1. The standard InChI is InChI=1S/C32H41N3O4/c1-22-18-27-29(39-22)19-28-30(36)35(20-23-14-16-26(38-2)17-15-23)32(21-34(27)28,24-10-6-5-7-11-24)31(37)33-25-12-8-3-4-9-13-25/h14-19,24-25H,3-13,20-21H2,1-2H3,(H,33,37). The Bertz CT molecular complexity index is 1330. The fraction of sp³-hybridized carbons (Fsp3) is 0.562. The molecule has 6 rings (SSSR count). The molecule has 0 bridgehead atoms. The van der Waals surface area contributed by atoms with Crippen molar-refractivity contribution >= 4 is 22.9 Å². The summed E-state index contributed by atoms with van der Waals surface area (Å²) in [5, 5.41) is 3.51. The lowest BCUT2D eigenvalue weighted by Gasteiger charge is -2.51. The van der Waals surface area contributed by atoms with Crippen LogP contribution in [0.1, 0.15) is 92.4 Å². The number of hydrogen-bond acceptors (Lipinski definition) is 4. The Balaban J connectivity index is 1.47. The quantitative estimate of drug-likeness (QED) is 0.375. The van der Waals surface area contributed by atoms with Gasteiger partial charge >= 0.3 is 0 Å². The second-order valence-corrected chi connectivity index (χ2v) is 11.9. The van der Waals surface area contributed by atoms with Gasteiger partial charge in [-0.25, -0.2) is 0 Å². The van der Waals surface area contributed by atoms with Gasteiger partial charge in [-0.05, 0) is 56.2 Å². The lowest BCUT2D eigenvalue weighted by atomic mass is 9.71.